The van der Waals surface area contributed by atoms with Crippen molar-refractivity contribution in [3.05, 3.63) is 42.6 Å². The zero-order valence-electron chi connectivity index (χ0n) is 12.4. The molecule has 0 spiro atoms. The molecule has 1 saturated carbocycles. The maximum absolute atomic E-state index is 13.0. The largest absolute Gasteiger partial charge is 0.335 e. The summed E-state index contributed by atoms with van der Waals surface area (Å²) in [7, 11) is 0. The Hall–Kier alpha value is -2.30. The molecule has 0 amide bonds. The molecule has 1 heterocycles. The number of carbonyl (C=O) groups is 2. The van der Waals surface area contributed by atoms with E-state index in [0.717, 1.165) is 5.56 Å². The summed E-state index contributed by atoms with van der Waals surface area (Å²) in [4.78, 5) is 28.6. The van der Waals surface area contributed by atoms with Crippen molar-refractivity contribution in [2.75, 3.05) is 0 Å². The number of hydrogen-bond acceptors (Lipinski definition) is 3. The van der Waals surface area contributed by atoms with Crippen LogP contribution in [0, 0.1) is 11.2 Å². The molecule has 0 N–H and O–H groups in total. The van der Waals surface area contributed by atoms with Crippen molar-refractivity contribution in [2.24, 2.45) is 5.41 Å². The number of nitrogens with zero attached hydrogens (tertiary/aromatic N) is 2. The van der Waals surface area contributed by atoms with Crippen LogP contribution in [-0.2, 0) is 16.1 Å². The fraction of sp³-hybridized carbons (Fsp3) is 0.353. The fourth-order valence-electron chi connectivity index (χ4n) is 2.87. The van der Waals surface area contributed by atoms with Crippen LogP contribution in [0.4, 0.5) is 4.39 Å². The summed E-state index contributed by atoms with van der Waals surface area (Å²) in [6.45, 7) is 2.02. The third-order valence-corrected chi connectivity index (χ3v) is 4.31. The highest BCUT2D eigenvalue weighted by atomic mass is 19.1. The van der Waals surface area contributed by atoms with E-state index in [4.69, 9.17) is 0 Å². The molecule has 3 rings (SSSR count). The van der Waals surface area contributed by atoms with Gasteiger partial charge in [0.05, 0.1) is 12.0 Å². The highest BCUT2D eigenvalue weighted by Crippen LogP contribution is 2.31. The molecule has 1 aromatic heterocycles. The lowest BCUT2D eigenvalue weighted by Crippen LogP contribution is -2.43. The second kappa shape index (κ2) is 5.48. The summed E-state index contributed by atoms with van der Waals surface area (Å²) >= 11 is 0. The van der Waals surface area contributed by atoms with Gasteiger partial charge in [0, 0.05) is 31.1 Å². The predicted molar refractivity (Wildman–Crippen MR) is 79.6 cm³/mol. The second-order valence-corrected chi connectivity index (χ2v) is 5.97. The summed E-state index contributed by atoms with van der Waals surface area (Å²) in [5.74, 6) is -0.296. The third kappa shape index (κ3) is 2.58. The van der Waals surface area contributed by atoms with E-state index in [2.05, 4.69) is 4.98 Å². The van der Waals surface area contributed by atoms with Gasteiger partial charge < -0.3 is 4.57 Å². The summed E-state index contributed by atoms with van der Waals surface area (Å²) in [5.41, 5.74) is 0.532. The molecule has 1 aliphatic carbocycles. The number of rotatable bonds is 3. The molecule has 22 heavy (non-hydrogen) atoms. The van der Waals surface area contributed by atoms with Crippen molar-refractivity contribution in [1.29, 1.82) is 0 Å². The minimum absolute atomic E-state index is 0.000724. The van der Waals surface area contributed by atoms with E-state index in [1.54, 1.807) is 36.1 Å². The Morgan fingerprint density at radius 1 is 1.18 bits per heavy atom. The van der Waals surface area contributed by atoms with Crippen LogP contribution in [0.5, 0.6) is 0 Å². The number of benzene rings is 1. The van der Waals surface area contributed by atoms with Gasteiger partial charge in [0.1, 0.15) is 22.8 Å². The lowest BCUT2D eigenvalue weighted by molar-refractivity contribution is -0.143. The van der Waals surface area contributed by atoms with Gasteiger partial charge in [-0.1, -0.05) is 0 Å². The Labute approximate surface area is 128 Å². The minimum Gasteiger partial charge on any atom is -0.335 e. The van der Waals surface area contributed by atoms with Crippen LogP contribution in [0.15, 0.2) is 36.8 Å². The van der Waals surface area contributed by atoms with Gasteiger partial charge in [-0.3, -0.25) is 9.59 Å². The molecule has 0 bridgehead atoms. The summed E-state index contributed by atoms with van der Waals surface area (Å²) < 4.78 is 14.7. The monoisotopic (exact) mass is 300 g/mol. The van der Waals surface area contributed by atoms with Crippen molar-refractivity contribution in [3.63, 3.8) is 0 Å². The molecule has 0 unspecified atom stereocenters. The first-order valence-electron chi connectivity index (χ1n) is 7.33. The van der Waals surface area contributed by atoms with E-state index < -0.39 is 5.41 Å². The number of halogens is 1. The van der Waals surface area contributed by atoms with Crippen LogP contribution in [0.1, 0.15) is 26.2 Å². The normalized spacial score (nSPS) is 17.7. The van der Waals surface area contributed by atoms with Crippen molar-refractivity contribution in [1.82, 2.24) is 9.55 Å². The Morgan fingerprint density at radius 2 is 1.82 bits per heavy atom. The van der Waals surface area contributed by atoms with Crippen molar-refractivity contribution in [3.8, 4) is 11.3 Å². The highest BCUT2D eigenvalue weighted by molar-refractivity contribution is 6.08. The fourth-order valence-corrected chi connectivity index (χ4v) is 2.87. The zero-order chi connectivity index (χ0) is 15.7. The van der Waals surface area contributed by atoms with Gasteiger partial charge in [0.2, 0.25) is 0 Å². The van der Waals surface area contributed by atoms with Gasteiger partial charge in [-0.15, -0.1) is 0 Å². The second-order valence-electron chi connectivity index (χ2n) is 5.97. The number of ketones is 2. The quantitative estimate of drug-likeness (QED) is 0.819. The number of carbonyl (C=O) groups excluding carboxylic acids is 2. The van der Waals surface area contributed by atoms with Gasteiger partial charge in [0.15, 0.2) is 0 Å². The topological polar surface area (TPSA) is 52.0 Å². The summed E-state index contributed by atoms with van der Waals surface area (Å²) in [6, 6.07) is 6.06. The molecule has 2 aromatic rings. The molecular formula is C17H17FN2O2. The maximum Gasteiger partial charge on any atom is 0.147 e. The van der Waals surface area contributed by atoms with Crippen LogP contribution < -0.4 is 0 Å². The Kier molecular flexibility index (Phi) is 3.64. The van der Waals surface area contributed by atoms with Crippen molar-refractivity contribution < 1.29 is 14.0 Å². The molecule has 0 atom stereocenters. The van der Waals surface area contributed by atoms with Crippen molar-refractivity contribution >= 4 is 11.6 Å². The van der Waals surface area contributed by atoms with E-state index in [9.17, 15) is 14.0 Å². The van der Waals surface area contributed by atoms with Crippen LogP contribution >= 0.6 is 0 Å². The van der Waals surface area contributed by atoms with E-state index in [1.807, 2.05) is 0 Å². The molecule has 4 nitrogen and oxygen atoms in total. The lowest BCUT2D eigenvalue weighted by Gasteiger charge is -2.30. The molecule has 0 aliphatic heterocycles. The highest BCUT2D eigenvalue weighted by Gasteiger charge is 2.42. The average Bonchev–Trinajstić information content (AvgIpc) is 2.94. The molecule has 1 fully saturated rings. The Bertz CT molecular complexity index is 703. The maximum atomic E-state index is 13.0. The summed E-state index contributed by atoms with van der Waals surface area (Å²) in [6.07, 6.45) is 4.97. The van der Waals surface area contributed by atoms with Crippen LogP contribution in [-0.4, -0.2) is 21.1 Å². The predicted octanol–water partition coefficient (Wildman–Crippen LogP) is 3.02. The molecule has 114 valence electrons. The van der Waals surface area contributed by atoms with Crippen molar-refractivity contribution in [2.45, 2.75) is 32.7 Å². The van der Waals surface area contributed by atoms with Gasteiger partial charge in [-0.05, 0) is 37.6 Å². The van der Waals surface area contributed by atoms with Crippen LogP contribution in [0.3, 0.4) is 0 Å². The van der Waals surface area contributed by atoms with Gasteiger partial charge >= 0.3 is 0 Å². The molecule has 5 heteroatoms. The zero-order valence-corrected chi connectivity index (χ0v) is 12.4. The standard InChI is InChI=1S/C17H17FN2O2/c1-17(15(21)3-2-4-16(17)22)10-20-9-14(19-11-20)12-5-7-13(18)8-6-12/h5-9,11H,2-4,10H2,1H3. The van der Waals surface area contributed by atoms with E-state index in [-0.39, 0.29) is 17.4 Å². The number of imidazole rings is 1. The van der Waals surface area contributed by atoms with Crippen LogP contribution in [0.25, 0.3) is 11.3 Å². The number of Topliss-reactive ketones (excluding diaryl/α,β-unsaturated/α-hetero) is 2. The van der Waals surface area contributed by atoms with E-state index in [0.29, 0.717) is 31.5 Å². The smallest absolute Gasteiger partial charge is 0.147 e. The van der Waals surface area contributed by atoms with Gasteiger partial charge in [-0.2, -0.15) is 0 Å². The first-order chi connectivity index (χ1) is 10.5. The van der Waals surface area contributed by atoms with Gasteiger partial charge in [0.25, 0.3) is 0 Å². The summed E-state index contributed by atoms with van der Waals surface area (Å²) in [5, 5.41) is 0. The molecule has 0 saturated heterocycles. The minimum atomic E-state index is -0.959. The van der Waals surface area contributed by atoms with Gasteiger partial charge in [-0.25, -0.2) is 9.37 Å². The Balaban J connectivity index is 1.83. The molecular weight excluding hydrogens is 283 g/mol. The Morgan fingerprint density at radius 3 is 2.45 bits per heavy atom. The first kappa shape index (κ1) is 14.6. The van der Waals surface area contributed by atoms with E-state index >= 15 is 0 Å². The molecule has 1 aromatic carbocycles. The number of aromatic nitrogens is 2. The lowest BCUT2D eigenvalue weighted by atomic mass is 9.73. The van der Waals surface area contributed by atoms with E-state index in [1.165, 1.54) is 12.1 Å². The SMILES string of the molecule is CC1(Cn2cnc(-c3ccc(F)cc3)c2)C(=O)CCCC1=O. The first-order valence-corrected chi connectivity index (χ1v) is 7.33. The number of hydrogen-bond donors (Lipinski definition) is 0. The molecule has 0 radical (unpaired) electrons. The molecule has 1 aliphatic rings. The average molecular weight is 300 g/mol. The third-order valence-electron chi connectivity index (χ3n) is 4.31. The van der Waals surface area contributed by atoms with Crippen LogP contribution in [0.2, 0.25) is 0 Å².